The van der Waals surface area contributed by atoms with Gasteiger partial charge in [0.05, 0.1) is 6.04 Å². The van der Waals surface area contributed by atoms with Crippen molar-refractivity contribution >= 4 is 12.0 Å². The lowest BCUT2D eigenvalue weighted by Gasteiger charge is -2.41. The average Bonchev–Trinajstić information content (AvgIpc) is 2.64. The first kappa shape index (κ1) is 22.0. The van der Waals surface area contributed by atoms with Gasteiger partial charge in [0.1, 0.15) is 5.60 Å². The van der Waals surface area contributed by atoms with Gasteiger partial charge in [-0.2, -0.15) is 0 Å². The van der Waals surface area contributed by atoms with Gasteiger partial charge in [-0.3, -0.25) is 9.69 Å². The van der Waals surface area contributed by atoms with E-state index in [0.29, 0.717) is 18.5 Å². The number of alkyl carbamates (subject to hydrolysis) is 1. The predicted molar refractivity (Wildman–Crippen MR) is 108 cm³/mol. The van der Waals surface area contributed by atoms with E-state index in [1.165, 1.54) is 6.42 Å². The molecule has 2 aliphatic rings. The maximum atomic E-state index is 13.1. The Kier molecular flexibility index (Phi) is 7.95. The van der Waals surface area contributed by atoms with E-state index in [1.54, 1.807) is 0 Å². The van der Waals surface area contributed by atoms with E-state index in [1.807, 2.05) is 27.7 Å². The van der Waals surface area contributed by atoms with Gasteiger partial charge in [0.15, 0.2) is 0 Å². The molecular formula is C21H39N3O3. The number of likely N-dealkylation sites (tertiary alicyclic amines) is 2. The number of carbonyl (C=O) groups is 2. The van der Waals surface area contributed by atoms with Gasteiger partial charge < -0.3 is 15.0 Å². The lowest BCUT2D eigenvalue weighted by atomic mass is 9.95. The lowest BCUT2D eigenvalue weighted by Crippen LogP contribution is -2.54. The smallest absolute Gasteiger partial charge is 0.407 e. The van der Waals surface area contributed by atoms with Crippen molar-refractivity contribution in [3.8, 4) is 0 Å². The lowest BCUT2D eigenvalue weighted by molar-refractivity contribution is -0.141. The van der Waals surface area contributed by atoms with Crippen molar-refractivity contribution < 1.29 is 14.3 Å². The molecule has 0 radical (unpaired) electrons. The molecule has 2 fully saturated rings. The summed E-state index contributed by atoms with van der Waals surface area (Å²) in [5.41, 5.74) is -0.478. The van der Waals surface area contributed by atoms with Crippen LogP contribution in [0.5, 0.6) is 0 Å². The molecule has 0 aromatic rings. The van der Waals surface area contributed by atoms with Crippen LogP contribution in [-0.2, 0) is 9.53 Å². The second-order valence-corrected chi connectivity index (χ2v) is 9.15. The van der Waals surface area contributed by atoms with Gasteiger partial charge in [-0.05, 0) is 78.7 Å². The normalized spacial score (nSPS) is 25.7. The molecule has 3 unspecified atom stereocenters. The molecule has 0 saturated carbocycles. The standard InChI is InChI=1S/C21H39N3O3/c1-6-18-11-7-8-13-24(18)19(25)16(2)23-12-9-10-17(15-23)14-22-20(26)27-21(3,4)5/h16-18H,6-15H2,1-5H3,(H,22,26). The number of carbonyl (C=O) groups excluding carboxylic acids is 2. The summed E-state index contributed by atoms with van der Waals surface area (Å²) in [6.45, 7) is 13.2. The SMILES string of the molecule is CCC1CCCCN1C(=O)C(C)N1CCCC(CNC(=O)OC(C)(C)C)C1. The van der Waals surface area contributed by atoms with Gasteiger partial charge in [-0.25, -0.2) is 4.79 Å². The maximum absolute atomic E-state index is 13.1. The zero-order valence-electron chi connectivity index (χ0n) is 17.9. The molecule has 0 aliphatic carbocycles. The number of nitrogens with one attached hydrogen (secondary N) is 1. The zero-order valence-corrected chi connectivity index (χ0v) is 17.9. The summed E-state index contributed by atoms with van der Waals surface area (Å²) in [7, 11) is 0. The summed E-state index contributed by atoms with van der Waals surface area (Å²) in [6.07, 6.45) is 6.32. The monoisotopic (exact) mass is 381 g/mol. The van der Waals surface area contributed by atoms with Crippen LogP contribution in [0.2, 0.25) is 0 Å². The summed E-state index contributed by atoms with van der Waals surface area (Å²) < 4.78 is 5.32. The van der Waals surface area contributed by atoms with Gasteiger partial charge in [0.25, 0.3) is 0 Å². The van der Waals surface area contributed by atoms with E-state index in [-0.39, 0.29) is 18.0 Å². The molecule has 27 heavy (non-hydrogen) atoms. The molecule has 2 saturated heterocycles. The van der Waals surface area contributed by atoms with Crippen molar-refractivity contribution in [2.24, 2.45) is 5.92 Å². The summed E-state index contributed by atoms with van der Waals surface area (Å²) >= 11 is 0. The van der Waals surface area contributed by atoms with E-state index in [2.05, 4.69) is 22.0 Å². The van der Waals surface area contributed by atoms with Crippen LogP contribution in [0.15, 0.2) is 0 Å². The van der Waals surface area contributed by atoms with Crippen molar-refractivity contribution in [1.82, 2.24) is 15.1 Å². The van der Waals surface area contributed by atoms with Crippen LogP contribution in [0.1, 0.15) is 73.1 Å². The highest BCUT2D eigenvalue weighted by atomic mass is 16.6. The molecule has 2 amide bonds. The van der Waals surface area contributed by atoms with E-state index < -0.39 is 5.60 Å². The van der Waals surface area contributed by atoms with Crippen LogP contribution < -0.4 is 5.32 Å². The zero-order chi connectivity index (χ0) is 20.0. The molecular weight excluding hydrogens is 342 g/mol. The van der Waals surface area contributed by atoms with Crippen molar-refractivity contribution in [2.45, 2.75) is 90.8 Å². The molecule has 6 nitrogen and oxygen atoms in total. The van der Waals surface area contributed by atoms with Gasteiger partial charge >= 0.3 is 6.09 Å². The summed E-state index contributed by atoms with van der Waals surface area (Å²) in [5, 5.41) is 2.89. The minimum absolute atomic E-state index is 0.0820. The maximum Gasteiger partial charge on any atom is 0.407 e. The highest BCUT2D eigenvalue weighted by Gasteiger charge is 2.33. The molecule has 156 valence electrons. The number of piperidine rings is 2. The van der Waals surface area contributed by atoms with Crippen LogP contribution in [0, 0.1) is 5.92 Å². The fraction of sp³-hybridized carbons (Fsp3) is 0.905. The number of ether oxygens (including phenoxy) is 1. The second kappa shape index (κ2) is 9.76. The first-order valence-electron chi connectivity index (χ1n) is 10.7. The first-order valence-corrected chi connectivity index (χ1v) is 10.7. The van der Waals surface area contributed by atoms with Crippen LogP contribution in [0.25, 0.3) is 0 Å². The fourth-order valence-electron chi connectivity index (χ4n) is 4.27. The van der Waals surface area contributed by atoms with E-state index in [9.17, 15) is 9.59 Å². The minimum atomic E-state index is -0.478. The molecule has 0 aromatic carbocycles. The van der Waals surface area contributed by atoms with Crippen LogP contribution >= 0.6 is 0 Å². The van der Waals surface area contributed by atoms with Crippen LogP contribution in [0.3, 0.4) is 0 Å². The van der Waals surface area contributed by atoms with Gasteiger partial charge in [0.2, 0.25) is 5.91 Å². The molecule has 1 N–H and O–H groups in total. The summed E-state index contributed by atoms with van der Waals surface area (Å²) in [6, 6.07) is 0.324. The van der Waals surface area contributed by atoms with Crippen molar-refractivity contribution in [1.29, 1.82) is 0 Å². The number of hydrogen-bond acceptors (Lipinski definition) is 4. The topological polar surface area (TPSA) is 61.9 Å². The molecule has 2 heterocycles. The highest BCUT2D eigenvalue weighted by molar-refractivity contribution is 5.82. The Bertz CT molecular complexity index is 503. The van der Waals surface area contributed by atoms with E-state index >= 15 is 0 Å². The Labute approximate surface area is 165 Å². The summed E-state index contributed by atoms with van der Waals surface area (Å²) in [5.74, 6) is 0.646. The number of nitrogens with zero attached hydrogens (tertiary/aromatic N) is 2. The fourth-order valence-corrected chi connectivity index (χ4v) is 4.27. The van der Waals surface area contributed by atoms with E-state index in [4.69, 9.17) is 4.74 Å². The number of hydrogen-bond donors (Lipinski definition) is 1. The predicted octanol–water partition coefficient (Wildman–Crippen LogP) is 3.40. The van der Waals surface area contributed by atoms with Gasteiger partial charge in [0, 0.05) is 25.7 Å². The van der Waals surface area contributed by atoms with E-state index in [0.717, 1.165) is 51.7 Å². The Morgan fingerprint density at radius 3 is 2.56 bits per heavy atom. The van der Waals surface area contributed by atoms with Crippen molar-refractivity contribution in [3.05, 3.63) is 0 Å². The van der Waals surface area contributed by atoms with Crippen molar-refractivity contribution in [3.63, 3.8) is 0 Å². The molecule has 0 spiro atoms. The Hall–Kier alpha value is -1.30. The Morgan fingerprint density at radius 1 is 1.15 bits per heavy atom. The average molecular weight is 382 g/mol. The number of rotatable bonds is 5. The van der Waals surface area contributed by atoms with Gasteiger partial charge in [-0.15, -0.1) is 0 Å². The highest BCUT2D eigenvalue weighted by Crippen LogP contribution is 2.24. The van der Waals surface area contributed by atoms with Crippen LogP contribution in [0.4, 0.5) is 4.79 Å². The minimum Gasteiger partial charge on any atom is -0.444 e. The largest absolute Gasteiger partial charge is 0.444 e. The molecule has 2 aliphatic heterocycles. The molecule has 6 heteroatoms. The number of amides is 2. The Balaban J connectivity index is 1.85. The van der Waals surface area contributed by atoms with Crippen molar-refractivity contribution in [2.75, 3.05) is 26.2 Å². The quantitative estimate of drug-likeness (QED) is 0.793. The molecule has 0 aromatic heterocycles. The van der Waals surface area contributed by atoms with Crippen LogP contribution in [-0.4, -0.2) is 65.7 Å². The molecule has 0 bridgehead atoms. The van der Waals surface area contributed by atoms with Gasteiger partial charge in [-0.1, -0.05) is 6.92 Å². The Morgan fingerprint density at radius 2 is 1.89 bits per heavy atom. The summed E-state index contributed by atoms with van der Waals surface area (Å²) in [4.78, 5) is 29.4. The third-order valence-corrected chi connectivity index (χ3v) is 5.77. The molecule has 3 atom stereocenters. The third-order valence-electron chi connectivity index (χ3n) is 5.77. The second-order valence-electron chi connectivity index (χ2n) is 9.15. The molecule has 2 rings (SSSR count). The third kappa shape index (κ3) is 6.66. The first-order chi connectivity index (χ1) is 12.7.